The number of fused-ring (bicyclic) bond motifs is 2. The number of likely N-dealkylation sites (tertiary alicyclic amines) is 2. The lowest BCUT2D eigenvalue weighted by Gasteiger charge is -2.37. The summed E-state index contributed by atoms with van der Waals surface area (Å²) >= 11 is 19.5. The summed E-state index contributed by atoms with van der Waals surface area (Å²) in [7, 11) is 0. The number of piperidine rings is 2. The lowest BCUT2D eigenvalue weighted by molar-refractivity contribution is -0.910. The van der Waals surface area contributed by atoms with Crippen LogP contribution in [0.3, 0.4) is 0 Å². The fourth-order valence-corrected chi connectivity index (χ4v) is 7.40. The summed E-state index contributed by atoms with van der Waals surface area (Å²) in [5.41, 5.74) is 3.97. The van der Waals surface area contributed by atoms with E-state index in [9.17, 15) is 14.8 Å². The Labute approximate surface area is 233 Å². The fourth-order valence-electron chi connectivity index (χ4n) is 6.52. The summed E-state index contributed by atoms with van der Waals surface area (Å²) in [5.74, 6) is 0.741. The first-order chi connectivity index (χ1) is 17.7. The molecule has 2 aliphatic heterocycles. The number of carbonyl (C=O) groups is 2. The minimum absolute atomic E-state index is 0.113. The van der Waals surface area contributed by atoms with Crippen molar-refractivity contribution in [1.82, 2.24) is 9.80 Å². The maximum atomic E-state index is 13.2. The average Bonchev–Trinajstić information content (AvgIpc) is 3.02. The molecular weight excluding hydrogens is 533 g/mol. The molecule has 1 aliphatic carbocycles. The van der Waals surface area contributed by atoms with Crippen molar-refractivity contribution in [2.24, 2.45) is 11.8 Å². The Bertz CT molecular complexity index is 1150. The van der Waals surface area contributed by atoms with Gasteiger partial charge in [0.25, 0.3) is 0 Å². The van der Waals surface area contributed by atoms with Crippen LogP contribution in [0.5, 0.6) is 0 Å². The van der Waals surface area contributed by atoms with Crippen LogP contribution in [0.2, 0.25) is 15.1 Å². The highest BCUT2D eigenvalue weighted by Gasteiger charge is 2.41. The van der Waals surface area contributed by atoms with Gasteiger partial charge in [0.1, 0.15) is 5.02 Å². The molecule has 2 aromatic rings. The molecule has 0 spiro atoms. The zero-order valence-electron chi connectivity index (χ0n) is 21.1. The number of aryl methyl sites for hydroxylation is 2. The molecule has 2 saturated heterocycles. The second-order valence-corrected chi connectivity index (χ2v) is 12.0. The molecule has 2 fully saturated rings. The van der Waals surface area contributed by atoms with Crippen molar-refractivity contribution in [3.63, 3.8) is 0 Å². The minimum atomic E-state index is -0.118. The van der Waals surface area contributed by atoms with Gasteiger partial charge in [0.2, 0.25) is 23.7 Å². The molecule has 1 atom stereocenters. The van der Waals surface area contributed by atoms with Gasteiger partial charge in [-0.15, -0.1) is 0 Å². The van der Waals surface area contributed by atoms with Gasteiger partial charge < -0.3 is 9.80 Å². The van der Waals surface area contributed by atoms with Crippen LogP contribution in [0, 0.1) is 11.8 Å². The van der Waals surface area contributed by atoms with Crippen molar-refractivity contribution in [2.75, 3.05) is 26.2 Å². The highest BCUT2D eigenvalue weighted by Crippen LogP contribution is 2.45. The van der Waals surface area contributed by atoms with Crippen LogP contribution in [0.25, 0.3) is 0 Å². The SMILES string of the molecule is CC(=O)N1CCC(CC(=O)N2CCC(C3c4c(Cl)cc(Cl)cc4CCc4cc(Cl)c[n+](O)c43)CC2)CC1. The van der Waals surface area contributed by atoms with Crippen LogP contribution in [-0.2, 0) is 22.4 Å². The van der Waals surface area contributed by atoms with Gasteiger partial charge in [-0.3, -0.25) is 14.8 Å². The molecule has 9 heteroatoms. The predicted octanol–water partition coefficient (Wildman–Crippen LogP) is 5.29. The molecule has 2 amide bonds. The van der Waals surface area contributed by atoms with Crippen LogP contribution in [0.15, 0.2) is 24.4 Å². The fraction of sp³-hybridized carbons (Fsp3) is 0.536. The number of benzene rings is 1. The number of carbonyl (C=O) groups excluding carboxylic acids is 2. The third-order valence-electron chi connectivity index (χ3n) is 8.47. The van der Waals surface area contributed by atoms with Crippen molar-refractivity contribution in [3.8, 4) is 0 Å². The summed E-state index contributed by atoms with van der Waals surface area (Å²) in [5, 5.41) is 12.7. The maximum absolute atomic E-state index is 13.2. The summed E-state index contributed by atoms with van der Waals surface area (Å²) in [6, 6.07) is 5.71. The zero-order chi connectivity index (χ0) is 26.3. The van der Waals surface area contributed by atoms with E-state index >= 15 is 0 Å². The summed E-state index contributed by atoms with van der Waals surface area (Å²) in [6.07, 6.45) is 6.99. The Morgan fingerprint density at radius 2 is 1.54 bits per heavy atom. The Morgan fingerprint density at radius 3 is 2.22 bits per heavy atom. The molecule has 0 bridgehead atoms. The topological polar surface area (TPSA) is 64.7 Å². The minimum Gasteiger partial charge on any atom is -0.343 e. The molecule has 6 nitrogen and oxygen atoms in total. The summed E-state index contributed by atoms with van der Waals surface area (Å²) in [6.45, 7) is 4.45. The molecule has 37 heavy (non-hydrogen) atoms. The largest absolute Gasteiger partial charge is 0.343 e. The lowest BCUT2D eigenvalue weighted by atomic mass is 9.76. The van der Waals surface area contributed by atoms with E-state index in [1.807, 2.05) is 21.9 Å². The van der Waals surface area contributed by atoms with E-state index in [-0.39, 0.29) is 23.7 Å². The molecule has 5 rings (SSSR count). The van der Waals surface area contributed by atoms with Crippen LogP contribution in [0.4, 0.5) is 0 Å². The molecule has 3 aliphatic rings. The first kappa shape index (κ1) is 26.6. The monoisotopic (exact) mass is 564 g/mol. The first-order valence-corrected chi connectivity index (χ1v) is 14.3. The van der Waals surface area contributed by atoms with E-state index in [4.69, 9.17) is 34.8 Å². The average molecular weight is 566 g/mol. The van der Waals surface area contributed by atoms with Gasteiger partial charge in [-0.1, -0.05) is 34.8 Å². The number of nitrogens with zero attached hydrogens (tertiary/aromatic N) is 3. The number of hydrogen-bond acceptors (Lipinski definition) is 3. The van der Waals surface area contributed by atoms with Crippen molar-refractivity contribution in [3.05, 3.63) is 61.8 Å². The van der Waals surface area contributed by atoms with E-state index in [2.05, 4.69) is 0 Å². The standard InChI is InChI=1S/C28H33Cl3N3O3/c1-17(35)32-8-4-18(5-9-32)12-25(36)33-10-6-19(7-11-33)27-26-20(13-22(29)15-24(26)31)2-3-21-14-23(30)16-34(37)28(21)27/h13-16,18-19,27,37H,2-12H2,1H3/q+1. The van der Waals surface area contributed by atoms with Gasteiger partial charge in [-0.25, -0.2) is 0 Å². The molecule has 198 valence electrons. The molecule has 1 N–H and O–H groups in total. The van der Waals surface area contributed by atoms with Crippen molar-refractivity contribution < 1.29 is 19.5 Å². The molecule has 1 aromatic heterocycles. The normalized spacial score (nSPS) is 20.8. The smallest absolute Gasteiger partial charge is 0.245 e. The van der Waals surface area contributed by atoms with Crippen LogP contribution < -0.4 is 4.73 Å². The number of hydrogen-bond donors (Lipinski definition) is 1. The summed E-state index contributed by atoms with van der Waals surface area (Å²) in [4.78, 5) is 28.6. The zero-order valence-corrected chi connectivity index (χ0v) is 23.3. The number of amides is 2. The molecule has 3 heterocycles. The molecular formula is C28H33Cl3N3O3+. The second-order valence-electron chi connectivity index (χ2n) is 10.7. The predicted molar refractivity (Wildman–Crippen MR) is 143 cm³/mol. The molecule has 1 unspecified atom stereocenters. The van der Waals surface area contributed by atoms with E-state index in [0.717, 1.165) is 74.0 Å². The van der Waals surface area contributed by atoms with E-state index in [1.165, 1.54) is 10.9 Å². The summed E-state index contributed by atoms with van der Waals surface area (Å²) < 4.78 is 1.17. The number of aromatic nitrogens is 1. The molecule has 0 radical (unpaired) electrons. The van der Waals surface area contributed by atoms with E-state index < -0.39 is 0 Å². The third-order valence-corrected chi connectivity index (χ3v) is 9.21. The highest BCUT2D eigenvalue weighted by atomic mass is 35.5. The Morgan fingerprint density at radius 1 is 0.919 bits per heavy atom. The number of halogens is 3. The number of rotatable bonds is 3. The van der Waals surface area contributed by atoms with Crippen molar-refractivity contribution in [2.45, 2.75) is 57.8 Å². The van der Waals surface area contributed by atoms with E-state index in [1.54, 1.807) is 13.0 Å². The van der Waals surface area contributed by atoms with E-state index in [0.29, 0.717) is 40.5 Å². The Kier molecular flexibility index (Phi) is 7.90. The van der Waals surface area contributed by atoms with Crippen LogP contribution >= 0.6 is 34.8 Å². The highest BCUT2D eigenvalue weighted by molar-refractivity contribution is 6.35. The van der Waals surface area contributed by atoms with Gasteiger partial charge in [0, 0.05) is 59.9 Å². The van der Waals surface area contributed by atoms with Crippen molar-refractivity contribution >= 4 is 46.6 Å². The molecule has 0 saturated carbocycles. The van der Waals surface area contributed by atoms with Crippen LogP contribution in [0.1, 0.15) is 67.3 Å². The Balaban J connectivity index is 1.34. The second kappa shape index (κ2) is 11.0. The van der Waals surface area contributed by atoms with Gasteiger partial charge in [0.05, 0.1) is 5.92 Å². The maximum Gasteiger partial charge on any atom is 0.245 e. The van der Waals surface area contributed by atoms with Gasteiger partial charge in [-0.05, 0) is 79.7 Å². The quantitative estimate of drug-likeness (QED) is 0.406. The van der Waals surface area contributed by atoms with Gasteiger partial charge >= 0.3 is 0 Å². The first-order valence-electron chi connectivity index (χ1n) is 13.2. The van der Waals surface area contributed by atoms with Gasteiger partial charge in [0.15, 0.2) is 0 Å². The molecule has 1 aromatic carbocycles. The number of pyridine rings is 1. The Hall–Kier alpha value is -2.02. The lowest BCUT2D eigenvalue weighted by Crippen LogP contribution is -2.44. The van der Waals surface area contributed by atoms with Crippen molar-refractivity contribution in [1.29, 1.82) is 0 Å². The third kappa shape index (κ3) is 5.57. The van der Waals surface area contributed by atoms with Crippen LogP contribution in [-0.4, -0.2) is 53.0 Å². The van der Waals surface area contributed by atoms with Gasteiger partial charge in [-0.2, -0.15) is 0 Å².